The van der Waals surface area contributed by atoms with Crippen molar-refractivity contribution < 1.29 is 4.39 Å². The smallest absolute Gasteiger partial charge is 0.169 e. The maximum atomic E-state index is 14.1. The highest BCUT2D eigenvalue weighted by Gasteiger charge is 2.25. The zero-order valence-corrected chi connectivity index (χ0v) is 11.1. The van der Waals surface area contributed by atoms with Gasteiger partial charge in [-0.05, 0) is 18.2 Å². The molecule has 0 radical (unpaired) electrons. The number of hydrogen-bond donors (Lipinski definition) is 2. The average molecular weight is 276 g/mol. The lowest BCUT2D eigenvalue weighted by atomic mass is 10.1. The zero-order chi connectivity index (χ0) is 12.6. The summed E-state index contributed by atoms with van der Waals surface area (Å²) in [5.74, 6) is 1.56. The highest BCUT2D eigenvalue weighted by atomic mass is 35.5. The molecule has 94 valence electrons. The lowest BCUT2D eigenvalue weighted by molar-refractivity contribution is 0.609. The van der Waals surface area contributed by atoms with Crippen molar-refractivity contribution in [2.75, 3.05) is 34.9 Å². The molecule has 1 fully saturated rings. The first-order valence-corrected chi connectivity index (χ1v) is 6.89. The van der Waals surface area contributed by atoms with Gasteiger partial charge >= 0.3 is 0 Å². The summed E-state index contributed by atoms with van der Waals surface area (Å²) < 4.78 is 14.1. The average Bonchev–Trinajstić information content (AvgIpc) is 2.79. The molecule has 2 rings (SSSR count). The van der Waals surface area contributed by atoms with Crippen LogP contribution in [-0.2, 0) is 0 Å². The predicted octanol–water partition coefficient (Wildman–Crippen LogP) is 2.59. The Morgan fingerprint density at radius 3 is 2.76 bits per heavy atom. The summed E-state index contributed by atoms with van der Waals surface area (Å²) in [6.45, 7) is 0. The van der Waals surface area contributed by atoms with Crippen LogP contribution in [0.1, 0.15) is 6.42 Å². The number of anilines is 3. The molecule has 1 aliphatic heterocycles. The molecule has 1 heterocycles. The Balaban J connectivity index is 2.40. The van der Waals surface area contributed by atoms with Gasteiger partial charge in [0, 0.05) is 18.8 Å². The molecule has 1 saturated heterocycles. The van der Waals surface area contributed by atoms with Crippen molar-refractivity contribution >= 4 is 40.4 Å². The van der Waals surface area contributed by atoms with E-state index in [0.29, 0.717) is 17.4 Å². The first kappa shape index (κ1) is 12.6. The van der Waals surface area contributed by atoms with Gasteiger partial charge in [0.25, 0.3) is 0 Å². The van der Waals surface area contributed by atoms with Gasteiger partial charge in [-0.25, -0.2) is 4.39 Å². The number of benzene rings is 1. The van der Waals surface area contributed by atoms with Crippen molar-refractivity contribution in [1.82, 2.24) is 0 Å². The minimum absolute atomic E-state index is 0.0494. The molecule has 0 spiro atoms. The van der Waals surface area contributed by atoms with Gasteiger partial charge in [0.1, 0.15) is 5.02 Å². The Labute approximate surface area is 109 Å². The van der Waals surface area contributed by atoms with E-state index in [9.17, 15) is 4.39 Å². The van der Waals surface area contributed by atoms with Crippen molar-refractivity contribution in [3.8, 4) is 0 Å². The Kier molecular flexibility index (Phi) is 3.58. The number of nitrogen functional groups attached to an aromatic ring is 2. The molecule has 17 heavy (non-hydrogen) atoms. The van der Waals surface area contributed by atoms with Crippen LogP contribution in [0.3, 0.4) is 0 Å². The van der Waals surface area contributed by atoms with Gasteiger partial charge in [-0.1, -0.05) is 11.6 Å². The second-order valence-electron chi connectivity index (χ2n) is 4.16. The minimum atomic E-state index is -0.524. The van der Waals surface area contributed by atoms with E-state index in [1.165, 1.54) is 6.07 Å². The van der Waals surface area contributed by atoms with Crippen molar-refractivity contribution in [1.29, 1.82) is 0 Å². The van der Waals surface area contributed by atoms with Gasteiger partial charge in [0.15, 0.2) is 5.82 Å². The van der Waals surface area contributed by atoms with Crippen molar-refractivity contribution in [3.63, 3.8) is 0 Å². The van der Waals surface area contributed by atoms with Gasteiger partial charge < -0.3 is 16.4 Å². The van der Waals surface area contributed by atoms with Crippen LogP contribution < -0.4 is 16.4 Å². The van der Waals surface area contributed by atoms with Crippen LogP contribution in [0.15, 0.2) is 6.07 Å². The number of thioether (sulfide) groups is 1. The molecule has 1 aromatic rings. The summed E-state index contributed by atoms with van der Waals surface area (Å²) >= 11 is 7.68. The SMILES string of the molecule is CN(c1c(N)cc(N)c(Cl)c1F)C1CCSC1. The van der Waals surface area contributed by atoms with E-state index in [-0.39, 0.29) is 10.7 Å². The molecule has 0 bridgehead atoms. The Morgan fingerprint density at radius 2 is 2.18 bits per heavy atom. The molecule has 0 aromatic heterocycles. The Morgan fingerprint density at radius 1 is 1.47 bits per heavy atom. The highest BCUT2D eigenvalue weighted by Crippen LogP contribution is 2.38. The minimum Gasteiger partial charge on any atom is -0.397 e. The fraction of sp³-hybridized carbons (Fsp3) is 0.455. The number of nitrogens with zero attached hydrogens (tertiary/aromatic N) is 1. The van der Waals surface area contributed by atoms with Crippen molar-refractivity contribution in [2.45, 2.75) is 12.5 Å². The third-order valence-electron chi connectivity index (χ3n) is 3.04. The van der Waals surface area contributed by atoms with E-state index in [4.69, 9.17) is 23.1 Å². The van der Waals surface area contributed by atoms with Crippen LogP contribution in [0.5, 0.6) is 0 Å². The summed E-state index contributed by atoms with van der Waals surface area (Å²) in [6, 6.07) is 1.82. The van der Waals surface area contributed by atoms with E-state index in [0.717, 1.165) is 17.9 Å². The zero-order valence-electron chi connectivity index (χ0n) is 9.54. The standard InChI is InChI=1S/C11H15ClFN3S/c1-16(6-2-3-17-5-6)11-8(15)4-7(14)9(12)10(11)13/h4,6H,2-3,5,14-15H2,1H3. The largest absolute Gasteiger partial charge is 0.397 e. The maximum absolute atomic E-state index is 14.1. The van der Waals surface area contributed by atoms with E-state index in [2.05, 4.69) is 0 Å². The van der Waals surface area contributed by atoms with Gasteiger partial charge in [0.2, 0.25) is 0 Å². The molecule has 1 aliphatic rings. The summed E-state index contributed by atoms with van der Waals surface area (Å²) in [6.07, 6.45) is 1.03. The maximum Gasteiger partial charge on any atom is 0.169 e. The van der Waals surface area contributed by atoms with Crippen LogP contribution in [0, 0.1) is 5.82 Å². The molecule has 6 heteroatoms. The molecule has 0 aliphatic carbocycles. The topological polar surface area (TPSA) is 55.3 Å². The van der Waals surface area contributed by atoms with Gasteiger partial charge in [-0.3, -0.25) is 0 Å². The van der Waals surface area contributed by atoms with Gasteiger partial charge in [-0.15, -0.1) is 0 Å². The normalized spacial score (nSPS) is 19.6. The third-order valence-corrected chi connectivity index (χ3v) is 4.57. The lowest BCUT2D eigenvalue weighted by Crippen LogP contribution is -2.32. The summed E-state index contributed by atoms with van der Waals surface area (Å²) in [4.78, 5) is 1.87. The number of hydrogen-bond acceptors (Lipinski definition) is 4. The van der Waals surface area contributed by atoms with Crippen LogP contribution in [0.25, 0.3) is 0 Å². The van der Waals surface area contributed by atoms with Crippen LogP contribution in [0.4, 0.5) is 21.5 Å². The fourth-order valence-electron chi connectivity index (χ4n) is 2.03. The molecule has 0 saturated carbocycles. The molecule has 1 atom stereocenters. The number of rotatable bonds is 2. The molecular formula is C11H15ClFN3S. The van der Waals surface area contributed by atoms with Gasteiger partial charge in [-0.2, -0.15) is 11.8 Å². The summed E-state index contributed by atoms with van der Waals surface area (Å²) in [7, 11) is 1.85. The molecular weight excluding hydrogens is 261 g/mol. The number of halogens is 2. The second-order valence-corrected chi connectivity index (χ2v) is 5.69. The van der Waals surface area contributed by atoms with E-state index in [1.54, 1.807) is 0 Å². The van der Waals surface area contributed by atoms with E-state index in [1.807, 2.05) is 23.7 Å². The Bertz CT molecular complexity index is 435. The second kappa shape index (κ2) is 4.82. The predicted molar refractivity (Wildman–Crippen MR) is 74.4 cm³/mol. The highest BCUT2D eigenvalue weighted by molar-refractivity contribution is 7.99. The molecule has 4 N–H and O–H groups in total. The lowest BCUT2D eigenvalue weighted by Gasteiger charge is -2.28. The molecule has 1 unspecified atom stereocenters. The van der Waals surface area contributed by atoms with Crippen molar-refractivity contribution in [3.05, 3.63) is 16.9 Å². The summed E-state index contributed by atoms with van der Waals surface area (Å²) in [5, 5.41) is -0.0494. The van der Waals surface area contributed by atoms with E-state index < -0.39 is 5.82 Å². The molecule has 3 nitrogen and oxygen atoms in total. The Hall–Kier alpha value is -0.810. The molecule has 0 amide bonds. The quantitative estimate of drug-likeness (QED) is 0.815. The third kappa shape index (κ3) is 2.26. The van der Waals surface area contributed by atoms with Crippen molar-refractivity contribution in [2.24, 2.45) is 0 Å². The van der Waals surface area contributed by atoms with Crippen LogP contribution in [-0.4, -0.2) is 24.6 Å². The first-order chi connectivity index (χ1) is 8.02. The van der Waals surface area contributed by atoms with E-state index >= 15 is 0 Å². The summed E-state index contributed by atoms with van der Waals surface area (Å²) in [5.41, 5.74) is 12.3. The molecule has 1 aromatic carbocycles. The van der Waals surface area contributed by atoms with Crippen LogP contribution >= 0.6 is 23.4 Å². The van der Waals surface area contributed by atoms with Gasteiger partial charge in [0.05, 0.1) is 17.1 Å². The monoisotopic (exact) mass is 275 g/mol. The van der Waals surface area contributed by atoms with Crippen LogP contribution in [0.2, 0.25) is 5.02 Å². The first-order valence-electron chi connectivity index (χ1n) is 5.36. The fourth-order valence-corrected chi connectivity index (χ4v) is 3.44. The number of nitrogens with two attached hydrogens (primary N) is 2.